The van der Waals surface area contributed by atoms with Crippen LogP contribution in [0, 0.1) is 5.41 Å². The highest BCUT2D eigenvalue weighted by molar-refractivity contribution is 6.11. The first-order valence-electron chi connectivity index (χ1n) is 10.1. The fourth-order valence-electron chi connectivity index (χ4n) is 6.08. The lowest BCUT2D eigenvalue weighted by Crippen LogP contribution is -2.31. The summed E-state index contributed by atoms with van der Waals surface area (Å²) >= 11 is 0. The molecule has 3 aliphatic rings. The second-order valence-electron chi connectivity index (χ2n) is 9.11. The molecule has 0 saturated heterocycles. The quantitative estimate of drug-likeness (QED) is 0.527. The average molecular weight is 367 g/mol. The summed E-state index contributed by atoms with van der Waals surface area (Å²) in [7, 11) is 0. The molecule has 0 radical (unpaired) electrons. The molecule has 2 fully saturated rings. The van der Waals surface area contributed by atoms with Crippen LogP contribution in [0.1, 0.15) is 49.7 Å². The Bertz CT molecular complexity index is 1200. The van der Waals surface area contributed by atoms with Crippen molar-refractivity contribution >= 4 is 22.5 Å². The average Bonchev–Trinajstić information content (AvgIpc) is 3.17. The minimum absolute atomic E-state index is 0.106. The standard InChI is InChI=1S/C25H21NO2/c1-24-13-22(28)25(14-24)12-16(11-21(25)27)17-7-3-4-8-18(17)23-19(24)10-15-6-2-5-9-20(15)26-23/h2-10,16H,11-14H2,1H3. The largest absolute Gasteiger partial charge is 0.299 e. The van der Waals surface area contributed by atoms with E-state index in [9.17, 15) is 9.59 Å². The van der Waals surface area contributed by atoms with Gasteiger partial charge in [-0.1, -0.05) is 49.4 Å². The molecule has 3 heteroatoms. The number of ketones is 2. The zero-order valence-corrected chi connectivity index (χ0v) is 15.9. The van der Waals surface area contributed by atoms with E-state index in [1.54, 1.807) is 0 Å². The molecule has 1 spiro atoms. The normalized spacial score (nSPS) is 30.5. The van der Waals surface area contributed by atoms with Crippen LogP contribution >= 0.6 is 0 Å². The van der Waals surface area contributed by atoms with Crippen molar-refractivity contribution in [3.05, 3.63) is 65.7 Å². The molecular weight excluding hydrogens is 346 g/mol. The van der Waals surface area contributed by atoms with Gasteiger partial charge < -0.3 is 0 Å². The Morgan fingerprint density at radius 1 is 1.00 bits per heavy atom. The van der Waals surface area contributed by atoms with E-state index in [2.05, 4.69) is 37.3 Å². The van der Waals surface area contributed by atoms with Gasteiger partial charge in [0.05, 0.1) is 16.6 Å². The van der Waals surface area contributed by atoms with Crippen molar-refractivity contribution in [2.75, 3.05) is 0 Å². The van der Waals surface area contributed by atoms with Crippen LogP contribution in [0.25, 0.3) is 22.2 Å². The maximum atomic E-state index is 13.2. The second kappa shape index (κ2) is 5.16. The Morgan fingerprint density at radius 3 is 2.68 bits per heavy atom. The molecule has 0 amide bonds. The summed E-state index contributed by atoms with van der Waals surface area (Å²) in [6.45, 7) is 2.16. The van der Waals surface area contributed by atoms with Crippen LogP contribution in [-0.2, 0) is 15.0 Å². The van der Waals surface area contributed by atoms with E-state index in [-0.39, 0.29) is 22.9 Å². The van der Waals surface area contributed by atoms with Crippen LogP contribution in [0.5, 0.6) is 0 Å². The van der Waals surface area contributed by atoms with E-state index in [1.165, 1.54) is 5.56 Å². The van der Waals surface area contributed by atoms with Gasteiger partial charge in [-0.3, -0.25) is 9.59 Å². The predicted molar refractivity (Wildman–Crippen MR) is 108 cm³/mol. The third-order valence-corrected chi connectivity index (χ3v) is 7.37. The number of para-hydroxylation sites is 1. The molecule has 0 N–H and O–H groups in total. The smallest absolute Gasteiger partial charge is 0.147 e. The minimum atomic E-state index is -0.792. The number of aromatic nitrogens is 1. The number of fused-ring (bicyclic) bond motifs is 8. The number of Topliss-reactive ketones (excluding diaryl/α,β-unsaturated/α-hetero) is 2. The van der Waals surface area contributed by atoms with Crippen molar-refractivity contribution < 1.29 is 9.59 Å². The Balaban J connectivity index is 1.75. The van der Waals surface area contributed by atoms with Crippen molar-refractivity contribution in [3.8, 4) is 11.3 Å². The Hall–Kier alpha value is -2.81. The van der Waals surface area contributed by atoms with Crippen molar-refractivity contribution in [1.29, 1.82) is 0 Å². The van der Waals surface area contributed by atoms with Crippen molar-refractivity contribution in [3.63, 3.8) is 0 Å². The Morgan fingerprint density at radius 2 is 1.79 bits per heavy atom. The SMILES string of the molecule is CC12CC(=O)C3(CC(CC3=O)c3ccccc3-c3nc4ccccc4cc31)C2. The van der Waals surface area contributed by atoms with Gasteiger partial charge in [-0.15, -0.1) is 0 Å². The molecule has 3 aromatic rings. The van der Waals surface area contributed by atoms with Crippen molar-refractivity contribution in [1.82, 2.24) is 4.98 Å². The van der Waals surface area contributed by atoms with Crippen LogP contribution in [0.15, 0.2) is 54.6 Å². The number of benzene rings is 2. The first-order valence-corrected chi connectivity index (χ1v) is 10.1. The third kappa shape index (κ3) is 1.92. The van der Waals surface area contributed by atoms with Crippen LogP contribution in [0.2, 0.25) is 0 Å². The fourth-order valence-corrected chi connectivity index (χ4v) is 6.08. The number of carbonyl (C=O) groups excluding carboxylic acids is 2. The molecule has 0 aliphatic heterocycles. The second-order valence-corrected chi connectivity index (χ2v) is 9.11. The molecular formula is C25H21NO2. The summed E-state index contributed by atoms with van der Waals surface area (Å²) in [6.07, 6.45) is 2.18. The van der Waals surface area contributed by atoms with Gasteiger partial charge in [0.25, 0.3) is 0 Å². The maximum absolute atomic E-state index is 13.2. The molecule has 6 rings (SSSR count). The zero-order chi connectivity index (χ0) is 19.1. The summed E-state index contributed by atoms with van der Waals surface area (Å²) in [4.78, 5) is 31.4. The first kappa shape index (κ1) is 16.2. The highest BCUT2D eigenvalue weighted by Gasteiger charge is 2.61. The molecule has 1 heterocycles. The first-order chi connectivity index (χ1) is 13.5. The topological polar surface area (TPSA) is 47.0 Å². The van der Waals surface area contributed by atoms with Crippen molar-refractivity contribution in [2.24, 2.45) is 5.41 Å². The van der Waals surface area contributed by atoms with E-state index < -0.39 is 5.41 Å². The van der Waals surface area contributed by atoms with E-state index in [1.807, 2.05) is 24.3 Å². The van der Waals surface area contributed by atoms with Gasteiger partial charge in [0.15, 0.2) is 0 Å². The van der Waals surface area contributed by atoms with Crippen LogP contribution in [0.3, 0.4) is 0 Å². The van der Waals surface area contributed by atoms with E-state index in [0.29, 0.717) is 25.7 Å². The fraction of sp³-hybridized carbons (Fsp3) is 0.320. The van der Waals surface area contributed by atoms with E-state index in [0.717, 1.165) is 27.7 Å². The monoisotopic (exact) mass is 367 g/mol. The Kier molecular flexibility index (Phi) is 2.98. The highest BCUT2D eigenvalue weighted by atomic mass is 16.2. The van der Waals surface area contributed by atoms with Crippen molar-refractivity contribution in [2.45, 2.75) is 43.9 Å². The number of hydrogen-bond donors (Lipinski definition) is 0. The van der Waals surface area contributed by atoms with Crippen LogP contribution in [0.4, 0.5) is 0 Å². The molecule has 3 unspecified atom stereocenters. The highest BCUT2D eigenvalue weighted by Crippen LogP contribution is 2.60. The number of pyridine rings is 1. The number of hydrogen-bond acceptors (Lipinski definition) is 3. The molecule has 3 atom stereocenters. The van der Waals surface area contributed by atoms with Gasteiger partial charge in [0.1, 0.15) is 11.6 Å². The molecule has 3 nitrogen and oxygen atoms in total. The molecule has 1 aromatic heterocycles. The maximum Gasteiger partial charge on any atom is 0.147 e. The van der Waals surface area contributed by atoms with Gasteiger partial charge in [-0.2, -0.15) is 0 Å². The number of nitrogens with zero attached hydrogens (tertiary/aromatic N) is 1. The van der Waals surface area contributed by atoms with Gasteiger partial charge in [-0.05, 0) is 42.0 Å². The predicted octanol–water partition coefficient (Wildman–Crippen LogP) is 4.97. The van der Waals surface area contributed by atoms with Crippen LogP contribution in [-0.4, -0.2) is 16.6 Å². The lowest BCUT2D eigenvalue weighted by molar-refractivity contribution is -0.136. The molecule has 2 aromatic carbocycles. The summed E-state index contributed by atoms with van der Waals surface area (Å²) in [5.41, 5.74) is 4.22. The van der Waals surface area contributed by atoms with Gasteiger partial charge >= 0.3 is 0 Å². The number of carbonyl (C=O) groups is 2. The molecule has 138 valence electrons. The van der Waals surface area contributed by atoms with Gasteiger partial charge in [0, 0.05) is 29.2 Å². The minimum Gasteiger partial charge on any atom is -0.299 e. The third-order valence-electron chi connectivity index (χ3n) is 7.37. The van der Waals surface area contributed by atoms with Crippen LogP contribution < -0.4 is 0 Å². The summed E-state index contributed by atoms with van der Waals surface area (Å²) in [5, 5.41) is 1.09. The number of rotatable bonds is 0. The summed E-state index contributed by atoms with van der Waals surface area (Å²) in [6, 6.07) is 18.7. The molecule has 3 aliphatic carbocycles. The zero-order valence-electron chi connectivity index (χ0n) is 15.9. The molecule has 3 bridgehead atoms. The summed E-state index contributed by atoms with van der Waals surface area (Å²) in [5.74, 6) is 0.397. The van der Waals surface area contributed by atoms with E-state index in [4.69, 9.17) is 4.98 Å². The van der Waals surface area contributed by atoms with Gasteiger partial charge in [-0.25, -0.2) is 4.98 Å². The lowest BCUT2D eigenvalue weighted by atomic mass is 9.74. The summed E-state index contributed by atoms with van der Waals surface area (Å²) < 4.78 is 0. The Labute approximate surface area is 163 Å². The van der Waals surface area contributed by atoms with Gasteiger partial charge in [0.2, 0.25) is 0 Å². The lowest BCUT2D eigenvalue weighted by Gasteiger charge is -2.28. The molecule has 2 saturated carbocycles. The molecule has 28 heavy (non-hydrogen) atoms. The van der Waals surface area contributed by atoms with E-state index >= 15 is 0 Å².